The number of carbonyl (C=O) groups is 1. The third kappa shape index (κ3) is 3.80. The molecule has 0 atom stereocenters. The molecule has 1 aromatic rings. The molecular formula is C8H12N2O4S. The number of nitrogens with zero attached hydrogens (tertiary/aromatic N) is 2. The molecule has 6 nitrogen and oxygen atoms in total. The highest BCUT2D eigenvalue weighted by molar-refractivity contribution is 7.14. The summed E-state index contributed by atoms with van der Waals surface area (Å²) in [5.74, 6) is -0.475. The van der Waals surface area contributed by atoms with Crippen molar-refractivity contribution in [2.45, 2.75) is 6.92 Å². The number of rotatable bonds is 6. The fraction of sp³-hybridized carbons (Fsp3) is 0.625. The highest BCUT2D eigenvalue weighted by Gasteiger charge is 2.14. The van der Waals surface area contributed by atoms with Crippen LogP contribution in [-0.4, -0.2) is 43.1 Å². The van der Waals surface area contributed by atoms with Crippen LogP contribution in [0.2, 0.25) is 0 Å². The van der Waals surface area contributed by atoms with Gasteiger partial charge in [0.05, 0.1) is 13.2 Å². The van der Waals surface area contributed by atoms with Gasteiger partial charge in [-0.15, -0.1) is 5.10 Å². The molecule has 0 aliphatic heterocycles. The van der Waals surface area contributed by atoms with Crippen molar-refractivity contribution < 1.29 is 19.0 Å². The van der Waals surface area contributed by atoms with E-state index in [1.165, 1.54) is 0 Å². The first-order valence-electron chi connectivity index (χ1n) is 4.40. The zero-order chi connectivity index (χ0) is 11.1. The lowest BCUT2D eigenvalue weighted by Gasteiger charge is -1.98. The fourth-order valence-corrected chi connectivity index (χ4v) is 1.37. The van der Waals surface area contributed by atoms with Gasteiger partial charge in [0.15, 0.2) is 0 Å². The summed E-state index contributed by atoms with van der Waals surface area (Å²) in [4.78, 5) is 11.2. The van der Waals surface area contributed by atoms with Crippen molar-refractivity contribution in [2.24, 2.45) is 0 Å². The smallest absolute Gasteiger partial charge is 0.369 e. The van der Waals surface area contributed by atoms with Gasteiger partial charge >= 0.3 is 5.97 Å². The average molecular weight is 232 g/mol. The molecular weight excluding hydrogens is 220 g/mol. The van der Waals surface area contributed by atoms with Crippen LogP contribution in [0.5, 0.6) is 5.19 Å². The van der Waals surface area contributed by atoms with E-state index < -0.39 is 5.97 Å². The summed E-state index contributed by atoms with van der Waals surface area (Å²) in [6.45, 7) is 2.90. The van der Waals surface area contributed by atoms with Crippen molar-refractivity contribution in [3.05, 3.63) is 5.01 Å². The fourth-order valence-electron chi connectivity index (χ4n) is 0.756. The van der Waals surface area contributed by atoms with E-state index in [1.54, 1.807) is 14.0 Å². The number of ether oxygens (including phenoxy) is 3. The number of hydrogen-bond acceptors (Lipinski definition) is 7. The molecule has 1 rings (SSSR count). The van der Waals surface area contributed by atoms with Crippen molar-refractivity contribution in [3.8, 4) is 5.19 Å². The van der Waals surface area contributed by atoms with E-state index in [0.717, 1.165) is 11.3 Å². The van der Waals surface area contributed by atoms with E-state index in [2.05, 4.69) is 10.2 Å². The van der Waals surface area contributed by atoms with Gasteiger partial charge in [0, 0.05) is 7.11 Å². The van der Waals surface area contributed by atoms with Crippen molar-refractivity contribution in [1.82, 2.24) is 10.2 Å². The summed E-state index contributed by atoms with van der Waals surface area (Å²) in [5, 5.41) is 7.86. The van der Waals surface area contributed by atoms with Gasteiger partial charge in [-0.05, 0) is 18.3 Å². The van der Waals surface area contributed by atoms with Gasteiger partial charge in [-0.2, -0.15) is 0 Å². The first-order valence-corrected chi connectivity index (χ1v) is 5.22. The molecule has 0 radical (unpaired) electrons. The Morgan fingerprint density at radius 3 is 2.87 bits per heavy atom. The summed E-state index contributed by atoms with van der Waals surface area (Å²) in [5.41, 5.74) is 0. The Morgan fingerprint density at radius 2 is 2.20 bits per heavy atom. The van der Waals surface area contributed by atoms with Crippen molar-refractivity contribution in [2.75, 3.05) is 26.9 Å². The molecule has 0 bridgehead atoms. The van der Waals surface area contributed by atoms with Gasteiger partial charge in [-0.3, -0.25) is 0 Å². The molecule has 84 valence electrons. The number of methoxy groups -OCH3 is 1. The molecule has 0 spiro atoms. The van der Waals surface area contributed by atoms with Gasteiger partial charge in [-0.1, -0.05) is 5.10 Å². The molecule has 0 unspecified atom stereocenters. The Balaban J connectivity index is 2.45. The summed E-state index contributed by atoms with van der Waals surface area (Å²) < 4.78 is 14.7. The lowest BCUT2D eigenvalue weighted by molar-refractivity contribution is 0.0525. The summed E-state index contributed by atoms with van der Waals surface area (Å²) in [6, 6.07) is 0. The molecule has 0 saturated carbocycles. The maximum Gasteiger partial charge on any atom is 0.369 e. The maximum atomic E-state index is 11.2. The lowest BCUT2D eigenvalue weighted by atomic mass is 10.7. The number of aromatic nitrogens is 2. The minimum absolute atomic E-state index is 0.198. The third-order valence-corrected chi connectivity index (χ3v) is 2.19. The molecule has 1 aromatic heterocycles. The number of carbonyl (C=O) groups excluding carboxylic acids is 1. The minimum atomic E-state index is -0.475. The van der Waals surface area contributed by atoms with Crippen LogP contribution in [0.25, 0.3) is 0 Å². The Hall–Kier alpha value is -1.21. The number of hydrogen-bond donors (Lipinski definition) is 0. The molecule has 0 N–H and O–H groups in total. The third-order valence-electron chi connectivity index (χ3n) is 1.37. The van der Waals surface area contributed by atoms with E-state index in [-0.39, 0.29) is 5.01 Å². The monoisotopic (exact) mass is 232 g/mol. The molecule has 0 aromatic carbocycles. The van der Waals surface area contributed by atoms with Crippen molar-refractivity contribution in [1.29, 1.82) is 0 Å². The predicted molar refractivity (Wildman–Crippen MR) is 53.2 cm³/mol. The molecule has 1 heterocycles. The van der Waals surface area contributed by atoms with Gasteiger partial charge in [0.25, 0.3) is 5.19 Å². The van der Waals surface area contributed by atoms with Crippen LogP contribution < -0.4 is 4.74 Å². The standard InChI is InChI=1S/C8H12N2O4S/c1-3-13-7(11)6-9-10-8(15-6)14-5-4-12-2/h3-5H2,1-2H3. The number of esters is 1. The normalized spacial score (nSPS) is 10.0. The topological polar surface area (TPSA) is 70.5 Å². The Bertz CT molecular complexity index is 315. The lowest BCUT2D eigenvalue weighted by Crippen LogP contribution is -2.03. The van der Waals surface area contributed by atoms with Crippen LogP contribution in [-0.2, 0) is 9.47 Å². The van der Waals surface area contributed by atoms with Gasteiger partial charge in [-0.25, -0.2) is 4.79 Å². The van der Waals surface area contributed by atoms with Gasteiger partial charge in [0.2, 0.25) is 5.01 Å². The first kappa shape index (κ1) is 11.9. The van der Waals surface area contributed by atoms with E-state index in [4.69, 9.17) is 14.2 Å². The molecule has 0 aliphatic carbocycles. The van der Waals surface area contributed by atoms with Crippen molar-refractivity contribution >= 4 is 17.3 Å². The molecule has 0 amide bonds. The van der Waals surface area contributed by atoms with Crippen molar-refractivity contribution in [3.63, 3.8) is 0 Å². The molecule has 0 saturated heterocycles. The summed E-state index contributed by atoms with van der Waals surface area (Å²) in [7, 11) is 1.58. The van der Waals surface area contributed by atoms with Crippen LogP contribution in [0, 0.1) is 0 Å². The second-order valence-electron chi connectivity index (χ2n) is 2.43. The molecule has 0 aliphatic rings. The Labute approximate surface area is 91.2 Å². The predicted octanol–water partition coefficient (Wildman–Crippen LogP) is 0.740. The second kappa shape index (κ2) is 6.31. The molecule has 0 fully saturated rings. The average Bonchev–Trinajstić information content (AvgIpc) is 2.67. The van der Waals surface area contributed by atoms with Crippen LogP contribution in [0.4, 0.5) is 0 Å². The Kier molecular flexibility index (Phi) is 4.99. The van der Waals surface area contributed by atoms with E-state index in [9.17, 15) is 4.79 Å². The highest BCUT2D eigenvalue weighted by atomic mass is 32.1. The van der Waals surface area contributed by atoms with E-state index in [1.807, 2.05) is 0 Å². The molecule has 7 heteroatoms. The van der Waals surface area contributed by atoms with Crippen LogP contribution in [0.15, 0.2) is 0 Å². The second-order valence-corrected chi connectivity index (χ2v) is 3.37. The SMILES string of the molecule is CCOC(=O)c1nnc(OCCOC)s1. The minimum Gasteiger partial charge on any atom is -0.466 e. The Morgan fingerprint density at radius 1 is 1.40 bits per heavy atom. The maximum absolute atomic E-state index is 11.2. The quantitative estimate of drug-likeness (QED) is 0.532. The largest absolute Gasteiger partial charge is 0.466 e. The summed E-state index contributed by atoms with van der Waals surface area (Å²) >= 11 is 1.06. The van der Waals surface area contributed by atoms with Gasteiger partial charge < -0.3 is 14.2 Å². The molecule has 15 heavy (non-hydrogen) atoms. The highest BCUT2D eigenvalue weighted by Crippen LogP contribution is 2.18. The van der Waals surface area contributed by atoms with Crippen LogP contribution in [0.3, 0.4) is 0 Å². The van der Waals surface area contributed by atoms with Crippen LogP contribution in [0.1, 0.15) is 16.7 Å². The van der Waals surface area contributed by atoms with E-state index >= 15 is 0 Å². The van der Waals surface area contributed by atoms with Gasteiger partial charge in [0.1, 0.15) is 6.61 Å². The zero-order valence-electron chi connectivity index (χ0n) is 8.56. The first-order chi connectivity index (χ1) is 7.27. The summed E-state index contributed by atoms with van der Waals surface area (Å²) in [6.07, 6.45) is 0. The van der Waals surface area contributed by atoms with Crippen LogP contribution >= 0.6 is 11.3 Å². The zero-order valence-corrected chi connectivity index (χ0v) is 9.37. The van der Waals surface area contributed by atoms with E-state index in [0.29, 0.717) is 25.0 Å².